The molecule has 122 valence electrons. The number of alkyl halides is 3. The second-order valence-corrected chi connectivity index (χ2v) is 6.81. The summed E-state index contributed by atoms with van der Waals surface area (Å²) in [6.45, 7) is 5.16. The zero-order chi connectivity index (χ0) is 16.4. The highest BCUT2D eigenvalue weighted by Crippen LogP contribution is 2.38. The van der Waals surface area contributed by atoms with Crippen LogP contribution in [0.25, 0.3) is 0 Å². The van der Waals surface area contributed by atoms with E-state index in [2.05, 4.69) is 0 Å². The largest absolute Gasteiger partial charge is 0.481 e. The van der Waals surface area contributed by atoms with Gasteiger partial charge in [0.2, 0.25) is 5.91 Å². The Hall–Kier alpha value is -1.27. The summed E-state index contributed by atoms with van der Waals surface area (Å²) in [6, 6.07) is 0. The standard InChI is InChI=1S/C14H22F3NO3/c1-13(2,3)6-4-5-11(19)18-7-9(12(20)21)10(8-18)14(15,16)17/h9-10H,4-8H2,1-3H3,(H,20,21)/t9-,10-/m1/s1. The van der Waals surface area contributed by atoms with Gasteiger partial charge in [-0.1, -0.05) is 20.8 Å². The highest BCUT2D eigenvalue weighted by molar-refractivity contribution is 5.79. The van der Waals surface area contributed by atoms with E-state index >= 15 is 0 Å². The Morgan fingerprint density at radius 3 is 2.14 bits per heavy atom. The molecule has 1 saturated heterocycles. The van der Waals surface area contributed by atoms with Gasteiger partial charge in [0.25, 0.3) is 0 Å². The summed E-state index contributed by atoms with van der Waals surface area (Å²) in [5.41, 5.74) is 0.0589. The maximum absolute atomic E-state index is 12.8. The van der Waals surface area contributed by atoms with Gasteiger partial charge < -0.3 is 10.0 Å². The van der Waals surface area contributed by atoms with Crippen molar-refractivity contribution < 1.29 is 27.9 Å². The Morgan fingerprint density at radius 1 is 1.19 bits per heavy atom. The molecule has 1 heterocycles. The van der Waals surface area contributed by atoms with Crippen molar-refractivity contribution in [3.8, 4) is 0 Å². The van der Waals surface area contributed by atoms with Gasteiger partial charge in [-0.2, -0.15) is 13.2 Å². The number of likely N-dealkylation sites (tertiary alicyclic amines) is 1. The number of hydrogen-bond donors (Lipinski definition) is 1. The van der Waals surface area contributed by atoms with Gasteiger partial charge in [0.1, 0.15) is 0 Å². The molecule has 2 atom stereocenters. The van der Waals surface area contributed by atoms with E-state index in [-0.39, 0.29) is 18.4 Å². The number of amides is 1. The van der Waals surface area contributed by atoms with E-state index in [9.17, 15) is 22.8 Å². The normalized spacial score (nSPS) is 23.4. The number of halogens is 3. The first-order valence-electron chi connectivity index (χ1n) is 6.99. The Morgan fingerprint density at radius 2 is 1.76 bits per heavy atom. The van der Waals surface area contributed by atoms with Crippen LogP contribution >= 0.6 is 0 Å². The number of aliphatic carboxylic acids is 1. The fourth-order valence-corrected chi connectivity index (χ4v) is 2.52. The summed E-state index contributed by atoms with van der Waals surface area (Å²) >= 11 is 0. The molecule has 1 rings (SSSR count). The van der Waals surface area contributed by atoms with Crippen LogP contribution in [0.15, 0.2) is 0 Å². The Labute approximate surface area is 122 Å². The molecule has 0 unspecified atom stereocenters. The molecule has 0 aromatic carbocycles. The molecule has 0 bridgehead atoms. The zero-order valence-electron chi connectivity index (χ0n) is 12.5. The molecule has 1 fully saturated rings. The predicted molar refractivity (Wildman–Crippen MR) is 70.6 cm³/mol. The molecule has 4 nitrogen and oxygen atoms in total. The molecule has 1 amide bonds. The zero-order valence-corrected chi connectivity index (χ0v) is 12.5. The molecule has 0 aromatic heterocycles. The van der Waals surface area contributed by atoms with Crippen molar-refractivity contribution >= 4 is 11.9 Å². The quantitative estimate of drug-likeness (QED) is 0.868. The van der Waals surface area contributed by atoms with Crippen molar-refractivity contribution in [2.75, 3.05) is 13.1 Å². The molecule has 1 aliphatic rings. The number of carboxylic acids is 1. The lowest BCUT2D eigenvalue weighted by Gasteiger charge is -2.20. The SMILES string of the molecule is CC(C)(C)CCCC(=O)N1C[C@@H](C(F)(F)F)[C@H](C(=O)O)C1. The van der Waals surface area contributed by atoms with Crippen LogP contribution in [0.2, 0.25) is 0 Å². The maximum atomic E-state index is 12.8. The molecule has 1 aliphatic heterocycles. The predicted octanol–water partition coefficient (Wildman–Crippen LogP) is 2.92. The maximum Gasteiger partial charge on any atom is 0.394 e. The summed E-state index contributed by atoms with van der Waals surface area (Å²) in [6.07, 6.45) is -3.05. The molecule has 7 heteroatoms. The van der Waals surface area contributed by atoms with Crippen LogP contribution < -0.4 is 0 Å². The van der Waals surface area contributed by atoms with Crippen LogP contribution in [0, 0.1) is 17.3 Å². The molecule has 0 aromatic rings. The molecular formula is C14H22F3NO3. The van der Waals surface area contributed by atoms with Crippen molar-refractivity contribution in [3.63, 3.8) is 0 Å². The van der Waals surface area contributed by atoms with Crippen molar-refractivity contribution in [3.05, 3.63) is 0 Å². The third-order valence-corrected chi connectivity index (χ3v) is 3.73. The highest BCUT2D eigenvalue weighted by Gasteiger charge is 2.53. The summed E-state index contributed by atoms with van der Waals surface area (Å²) in [5, 5.41) is 8.89. The number of nitrogens with zero attached hydrogens (tertiary/aromatic N) is 1. The van der Waals surface area contributed by atoms with Crippen molar-refractivity contribution in [2.24, 2.45) is 17.3 Å². The van der Waals surface area contributed by atoms with Crippen LogP contribution in [0.5, 0.6) is 0 Å². The van der Waals surface area contributed by atoms with E-state index in [0.29, 0.717) is 6.42 Å². The summed E-state index contributed by atoms with van der Waals surface area (Å²) in [7, 11) is 0. The van der Waals surface area contributed by atoms with Gasteiger partial charge in [-0.25, -0.2) is 0 Å². The lowest BCUT2D eigenvalue weighted by molar-refractivity contribution is -0.188. The van der Waals surface area contributed by atoms with Crippen molar-refractivity contribution in [2.45, 2.75) is 46.2 Å². The van der Waals surface area contributed by atoms with Gasteiger partial charge in [-0.3, -0.25) is 9.59 Å². The number of carboxylic acid groups (broad SMARTS) is 1. The van der Waals surface area contributed by atoms with Crippen molar-refractivity contribution in [1.29, 1.82) is 0 Å². The van der Waals surface area contributed by atoms with E-state index in [1.165, 1.54) is 0 Å². The smallest absolute Gasteiger partial charge is 0.394 e. The van der Waals surface area contributed by atoms with E-state index < -0.39 is 36.4 Å². The number of hydrogen-bond acceptors (Lipinski definition) is 2. The molecule has 0 saturated carbocycles. The minimum Gasteiger partial charge on any atom is -0.481 e. The van der Waals surface area contributed by atoms with Crippen LogP contribution in [-0.2, 0) is 9.59 Å². The lowest BCUT2D eigenvalue weighted by atomic mass is 9.90. The number of carbonyl (C=O) groups is 2. The number of rotatable bonds is 4. The van der Waals surface area contributed by atoms with Crippen LogP contribution in [-0.4, -0.2) is 41.1 Å². The molecule has 0 aliphatic carbocycles. The minimum absolute atomic E-state index is 0.0589. The monoisotopic (exact) mass is 309 g/mol. The third kappa shape index (κ3) is 5.21. The number of carbonyl (C=O) groups excluding carboxylic acids is 1. The van der Waals surface area contributed by atoms with Gasteiger partial charge in [0, 0.05) is 19.5 Å². The van der Waals surface area contributed by atoms with Gasteiger partial charge in [0.05, 0.1) is 11.8 Å². The molecule has 0 radical (unpaired) electrons. The van der Waals surface area contributed by atoms with Crippen molar-refractivity contribution in [1.82, 2.24) is 4.90 Å². The Kier molecular flexibility index (Phi) is 5.28. The van der Waals surface area contributed by atoms with Crippen LogP contribution in [0.4, 0.5) is 13.2 Å². The average Bonchev–Trinajstić information content (AvgIpc) is 2.71. The second kappa shape index (κ2) is 6.23. The lowest BCUT2D eigenvalue weighted by Crippen LogP contribution is -2.34. The fourth-order valence-electron chi connectivity index (χ4n) is 2.52. The highest BCUT2D eigenvalue weighted by atomic mass is 19.4. The first-order chi connectivity index (χ1) is 9.42. The molecule has 1 N–H and O–H groups in total. The van der Waals surface area contributed by atoms with Gasteiger partial charge in [0.15, 0.2) is 0 Å². The Balaban J connectivity index is 2.61. The van der Waals surface area contributed by atoms with E-state index in [1.54, 1.807) is 0 Å². The molecule has 0 spiro atoms. The van der Waals surface area contributed by atoms with Gasteiger partial charge in [-0.05, 0) is 18.3 Å². The van der Waals surface area contributed by atoms with Crippen LogP contribution in [0.3, 0.4) is 0 Å². The second-order valence-electron chi connectivity index (χ2n) is 6.81. The molecule has 21 heavy (non-hydrogen) atoms. The third-order valence-electron chi connectivity index (χ3n) is 3.73. The summed E-state index contributed by atoms with van der Waals surface area (Å²) < 4.78 is 38.4. The van der Waals surface area contributed by atoms with Gasteiger partial charge >= 0.3 is 12.1 Å². The first-order valence-corrected chi connectivity index (χ1v) is 6.99. The van der Waals surface area contributed by atoms with E-state index in [0.717, 1.165) is 11.3 Å². The summed E-state index contributed by atoms with van der Waals surface area (Å²) in [4.78, 5) is 23.9. The van der Waals surface area contributed by atoms with Gasteiger partial charge in [-0.15, -0.1) is 0 Å². The fraction of sp³-hybridized carbons (Fsp3) is 0.857. The van der Waals surface area contributed by atoms with Crippen LogP contribution in [0.1, 0.15) is 40.0 Å². The van der Waals surface area contributed by atoms with E-state index in [4.69, 9.17) is 5.11 Å². The van der Waals surface area contributed by atoms with E-state index in [1.807, 2.05) is 20.8 Å². The average molecular weight is 309 g/mol. The molecular weight excluding hydrogens is 287 g/mol. The minimum atomic E-state index is -4.59. The Bertz CT molecular complexity index is 401. The first kappa shape index (κ1) is 17.8. The summed E-state index contributed by atoms with van der Waals surface area (Å²) in [5.74, 6) is -5.42. The topological polar surface area (TPSA) is 57.6 Å².